The predicted octanol–water partition coefficient (Wildman–Crippen LogP) is 2.62. The Morgan fingerprint density at radius 2 is 1.45 bits per heavy atom. The van der Waals surface area contributed by atoms with Gasteiger partial charge in [-0.25, -0.2) is 0 Å². The summed E-state index contributed by atoms with van der Waals surface area (Å²) >= 11 is 0. The first kappa shape index (κ1) is 20.0. The van der Waals surface area contributed by atoms with Gasteiger partial charge in [0, 0.05) is 18.3 Å². The molecule has 0 amide bonds. The fourth-order valence-corrected chi connectivity index (χ4v) is 5.44. The van der Waals surface area contributed by atoms with Gasteiger partial charge in [0.25, 0.3) is 0 Å². The molecule has 5 nitrogen and oxygen atoms in total. The maximum Gasteiger partial charge on any atom is 0.502 e. The van der Waals surface area contributed by atoms with Crippen molar-refractivity contribution in [1.82, 2.24) is 0 Å². The molecule has 0 atom stereocenters. The Balaban J connectivity index is 4.89. The quantitative estimate of drug-likeness (QED) is 0.348. The second kappa shape index (κ2) is 9.12. The lowest BCUT2D eigenvalue weighted by Gasteiger charge is -2.37. The van der Waals surface area contributed by atoms with Gasteiger partial charge in [-0.1, -0.05) is 6.42 Å². The Morgan fingerprint density at radius 3 is 1.80 bits per heavy atom. The van der Waals surface area contributed by atoms with E-state index in [-0.39, 0.29) is 12.2 Å². The monoisotopic (exact) mass is 306 g/mol. The molecule has 0 fully saturated rings. The molecule has 0 aromatic rings. The highest BCUT2D eigenvalue weighted by Gasteiger charge is 2.46. The zero-order valence-electron chi connectivity index (χ0n) is 14.1. The lowest BCUT2D eigenvalue weighted by Crippen LogP contribution is -2.56. The van der Waals surface area contributed by atoms with Crippen molar-refractivity contribution < 1.29 is 13.3 Å². The van der Waals surface area contributed by atoms with Crippen LogP contribution in [0.1, 0.15) is 60.8 Å². The molecular formula is C14H34N2O3Si. The maximum absolute atomic E-state index is 6.09. The second-order valence-electron chi connectivity index (χ2n) is 6.32. The van der Waals surface area contributed by atoms with Crippen LogP contribution in [-0.2, 0) is 13.3 Å². The Labute approximate surface area is 125 Å². The first-order valence-electron chi connectivity index (χ1n) is 7.65. The molecule has 0 spiro atoms. The third kappa shape index (κ3) is 9.85. The Bertz CT molecular complexity index is 245. The topological polar surface area (TPSA) is 79.7 Å². The Kier molecular flexibility index (Phi) is 9.13. The zero-order valence-corrected chi connectivity index (χ0v) is 15.1. The number of unbranched alkanes of at least 4 members (excludes halogenated alkanes) is 2. The van der Waals surface area contributed by atoms with E-state index in [2.05, 4.69) is 0 Å². The minimum absolute atomic E-state index is 0.0530. The summed E-state index contributed by atoms with van der Waals surface area (Å²) in [7, 11) is -2.77. The standard InChI is InChI=1S/C14H34N2O3Si/c1-12(2)17-20(18-13(3)4,19-14(5,6)16)11-9-7-8-10-15/h12-13H,7-11,15-16H2,1-6H3. The highest BCUT2D eigenvalue weighted by atomic mass is 28.4. The van der Waals surface area contributed by atoms with E-state index in [1.807, 2.05) is 41.5 Å². The molecule has 0 rings (SSSR count). The van der Waals surface area contributed by atoms with Crippen LogP contribution < -0.4 is 11.5 Å². The molecule has 6 heteroatoms. The lowest BCUT2D eigenvalue weighted by atomic mass is 10.2. The van der Waals surface area contributed by atoms with Crippen LogP contribution in [0.3, 0.4) is 0 Å². The van der Waals surface area contributed by atoms with E-state index in [0.29, 0.717) is 6.54 Å². The highest BCUT2D eigenvalue weighted by molar-refractivity contribution is 6.60. The highest BCUT2D eigenvalue weighted by Crippen LogP contribution is 2.26. The zero-order chi connectivity index (χ0) is 15.8. The van der Waals surface area contributed by atoms with Crippen molar-refractivity contribution in [2.75, 3.05) is 6.54 Å². The SMILES string of the molecule is CC(C)O[Si](CCCCCN)(OC(C)C)OC(C)(C)N. The predicted molar refractivity (Wildman–Crippen MR) is 85.3 cm³/mol. The smallest absolute Gasteiger partial charge is 0.371 e. The average molecular weight is 307 g/mol. The summed E-state index contributed by atoms with van der Waals surface area (Å²) < 4.78 is 18.2. The lowest BCUT2D eigenvalue weighted by molar-refractivity contribution is -0.0348. The molecule has 0 aliphatic heterocycles. The van der Waals surface area contributed by atoms with Gasteiger partial charge in [0.15, 0.2) is 0 Å². The van der Waals surface area contributed by atoms with Crippen LogP contribution in [0.25, 0.3) is 0 Å². The molecular weight excluding hydrogens is 272 g/mol. The van der Waals surface area contributed by atoms with Gasteiger partial charge in [-0.3, -0.25) is 0 Å². The molecule has 4 N–H and O–H groups in total. The van der Waals surface area contributed by atoms with E-state index in [9.17, 15) is 0 Å². The van der Waals surface area contributed by atoms with Crippen LogP contribution in [0.2, 0.25) is 6.04 Å². The van der Waals surface area contributed by atoms with E-state index in [1.165, 1.54) is 0 Å². The molecule has 0 aromatic carbocycles. The fourth-order valence-electron chi connectivity index (χ4n) is 2.03. The summed E-state index contributed by atoms with van der Waals surface area (Å²) in [4.78, 5) is 0. The molecule has 0 saturated heterocycles. The first-order valence-corrected chi connectivity index (χ1v) is 9.58. The maximum atomic E-state index is 6.09. The van der Waals surface area contributed by atoms with E-state index in [0.717, 1.165) is 25.3 Å². The number of hydrogen-bond acceptors (Lipinski definition) is 5. The van der Waals surface area contributed by atoms with E-state index in [1.54, 1.807) is 0 Å². The first-order chi connectivity index (χ1) is 9.10. The minimum atomic E-state index is -2.77. The largest absolute Gasteiger partial charge is 0.502 e. The number of nitrogens with two attached hydrogens (primary N) is 2. The summed E-state index contributed by atoms with van der Waals surface area (Å²) in [5, 5.41) is 0. The summed E-state index contributed by atoms with van der Waals surface area (Å²) in [6, 6.07) is 0.782. The van der Waals surface area contributed by atoms with Crippen molar-refractivity contribution in [2.45, 2.75) is 84.8 Å². The van der Waals surface area contributed by atoms with E-state index < -0.39 is 14.5 Å². The van der Waals surface area contributed by atoms with Crippen molar-refractivity contribution in [3.8, 4) is 0 Å². The molecule has 20 heavy (non-hydrogen) atoms. The molecule has 0 saturated carbocycles. The van der Waals surface area contributed by atoms with E-state index >= 15 is 0 Å². The van der Waals surface area contributed by atoms with Crippen LogP contribution in [0.4, 0.5) is 0 Å². The molecule has 0 radical (unpaired) electrons. The van der Waals surface area contributed by atoms with Crippen molar-refractivity contribution in [3.63, 3.8) is 0 Å². The second-order valence-corrected chi connectivity index (χ2v) is 8.86. The minimum Gasteiger partial charge on any atom is -0.371 e. The van der Waals surface area contributed by atoms with Gasteiger partial charge in [0.05, 0.1) is 0 Å². The summed E-state index contributed by atoms with van der Waals surface area (Å²) in [6.07, 6.45) is 3.16. The molecule has 0 heterocycles. The van der Waals surface area contributed by atoms with Crippen LogP contribution in [0, 0.1) is 0 Å². The van der Waals surface area contributed by atoms with Gasteiger partial charge < -0.3 is 24.7 Å². The molecule has 0 aromatic heterocycles. The summed E-state index contributed by atoms with van der Waals surface area (Å²) in [5.74, 6) is 0. The van der Waals surface area contributed by atoms with Gasteiger partial charge in [-0.2, -0.15) is 0 Å². The normalized spacial score (nSPS) is 13.5. The van der Waals surface area contributed by atoms with Gasteiger partial charge in [-0.15, -0.1) is 0 Å². The number of rotatable bonds is 11. The Morgan fingerprint density at radius 1 is 0.950 bits per heavy atom. The third-order valence-electron chi connectivity index (χ3n) is 2.44. The van der Waals surface area contributed by atoms with Gasteiger partial charge in [0.2, 0.25) is 0 Å². The van der Waals surface area contributed by atoms with Crippen LogP contribution in [-0.4, -0.2) is 33.3 Å². The van der Waals surface area contributed by atoms with Crippen molar-refractivity contribution >= 4 is 8.80 Å². The molecule has 0 aliphatic carbocycles. The third-order valence-corrected chi connectivity index (χ3v) is 5.90. The van der Waals surface area contributed by atoms with E-state index in [4.69, 9.17) is 24.7 Å². The van der Waals surface area contributed by atoms with Gasteiger partial charge in [0.1, 0.15) is 5.72 Å². The molecule has 122 valence electrons. The summed E-state index contributed by atoms with van der Waals surface area (Å²) in [6.45, 7) is 12.4. The van der Waals surface area contributed by atoms with Crippen molar-refractivity contribution in [1.29, 1.82) is 0 Å². The van der Waals surface area contributed by atoms with Crippen LogP contribution in [0.5, 0.6) is 0 Å². The molecule has 0 bridgehead atoms. The number of hydrogen-bond donors (Lipinski definition) is 2. The van der Waals surface area contributed by atoms with Crippen LogP contribution >= 0.6 is 0 Å². The van der Waals surface area contributed by atoms with Crippen molar-refractivity contribution in [2.24, 2.45) is 11.5 Å². The fraction of sp³-hybridized carbons (Fsp3) is 1.00. The Hall–Kier alpha value is 0.0169. The van der Waals surface area contributed by atoms with Crippen LogP contribution in [0.15, 0.2) is 0 Å². The summed E-state index contributed by atoms with van der Waals surface area (Å²) in [5.41, 5.74) is 10.8. The molecule has 0 unspecified atom stereocenters. The van der Waals surface area contributed by atoms with Gasteiger partial charge >= 0.3 is 8.80 Å². The average Bonchev–Trinajstić information content (AvgIpc) is 2.19. The molecule has 0 aliphatic rings. The van der Waals surface area contributed by atoms with Gasteiger partial charge in [-0.05, 0) is 60.9 Å². The van der Waals surface area contributed by atoms with Crippen molar-refractivity contribution in [3.05, 3.63) is 0 Å².